The van der Waals surface area contributed by atoms with Crippen molar-refractivity contribution in [1.29, 1.82) is 0 Å². The summed E-state index contributed by atoms with van der Waals surface area (Å²) in [6.07, 6.45) is 3.64. The van der Waals surface area contributed by atoms with Gasteiger partial charge in [-0.25, -0.2) is 4.39 Å². The predicted molar refractivity (Wildman–Crippen MR) is 66.3 cm³/mol. The molecule has 3 nitrogen and oxygen atoms in total. The van der Waals surface area contributed by atoms with E-state index in [9.17, 15) is 4.39 Å². The summed E-state index contributed by atoms with van der Waals surface area (Å²) < 4.78 is 15.4. The molecule has 17 heavy (non-hydrogen) atoms. The van der Waals surface area contributed by atoms with Crippen molar-refractivity contribution in [1.82, 2.24) is 9.78 Å². The molecule has 0 saturated heterocycles. The summed E-state index contributed by atoms with van der Waals surface area (Å²) in [7, 11) is 1.85. The number of hydrogen-bond donors (Lipinski definition) is 1. The fourth-order valence-corrected chi connectivity index (χ4v) is 2.73. The van der Waals surface area contributed by atoms with E-state index in [1.807, 2.05) is 19.3 Å². The molecule has 0 fully saturated rings. The van der Waals surface area contributed by atoms with Gasteiger partial charge >= 0.3 is 0 Å². The molecule has 0 aliphatic rings. The Bertz CT molecular complexity index is 522. The molecule has 2 aromatic rings. The van der Waals surface area contributed by atoms with Crippen molar-refractivity contribution in [2.24, 2.45) is 12.8 Å². The number of nitrogens with two attached hydrogens (primary N) is 1. The van der Waals surface area contributed by atoms with Crippen molar-refractivity contribution >= 4 is 11.8 Å². The highest BCUT2D eigenvalue weighted by Crippen LogP contribution is 2.33. The molecular formula is C12H14FN3S. The van der Waals surface area contributed by atoms with Crippen LogP contribution in [0.25, 0.3) is 0 Å². The second kappa shape index (κ2) is 4.89. The second-order valence-electron chi connectivity index (χ2n) is 3.89. The molecule has 0 radical (unpaired) electrons. The quantitative estimate of drug-likeness (QED) is 0.912. The summed E-state index contributed by atoms with van der Waals surface area (Å²) in [5, 5.41) is 4.08. The molecule has 1 aromatic heterocycles. The molecule has 0 aliphatic heterocycles. The molecule has 0 bridgehead atoms. The summed E-state index contributed by atoms with van der Waals surface area (Å²) in [6, 6.07) is 4.68. The third kappa shape index (κ3) is 2.68. The van der Waals surface area contributed by atoms with Gasteiger partial charge in [0.15, 0.2) is 0 Å². The number of hydrogen-bond acceptors (Lipinski definition) is 3. The third-order valence-corrected chi connectivity index (χ3v) is 3.40. The monoisotopic (exact) mass is 251 g/mol. The molecule has 90 valence electrons. The average Bonchev–Trinajstić information content (AvgIpc) is 2.63. The fourth-order valence-electron chi connectivity index (χ4n) is 1.63. The molecule has 1 aromatic carbocycles. The standard InChI is InChI=1S/C12H14FN3S/c1-8(14)12-10(13)4-3-5-11(12)17-9-6-15-16(2)7-9/h3-8H,14H2,1-2H3/t8-/m0/s1. The van der Waals surface area contributed by atoms with Gasteiger partial charge in [0.1, 0.15) is 5.82 Å². The zero-order chi connectivity index (χ0) is 12.4. The molecule has 5 heteroatoms. The van der Waals surface area contributed by atoms with Gasteiger partial charge in [-0.2, -0.15) is 5.10 Å². The van der Waals surface area contributed by atoms with Crippen LogP contribution in [0.4, 0.5) is 4.39 Å². The highest BCUT2D eigenvalue weighted by atomic mass is 32.2. The summed E-state index contributed by atoms with van der Waals surface area (Å²) in [4.78, 5) is 1.81. The zero-order valence-electron chi connectivity index (χ0n) is 9.72. The van der Waals surface area contributed by atoms with Crippen LogP contribution in [0.1, 0.15) is 18.5 Å². The first-order valence-corrected chi connectivity index (χ1v) is 6.10. The Kier molecular flexibility index (Phi) is 3.49. The van der Waals surface area contributed by atoms with Crippen LogP contribution in [0.2, 0.25) is 0 Å². The van der Waals surface area contributed by atoms with Gasteiger partial charge in [0.25, 0.3) is 0 Å². The summed E-state index contributed by atoms with van der Waals surface area (Å²) >= 11 is 1.47. The van der Waals surface area contributed by atoms with E-state index in [1.54, 1.807) is 23.9 Å². The van der Waals surface area contributed by atoms with E-state index in [4.69, 9.17) is 5.73 Å². The number of aromatic nitrogens is 2. The van der Waals surface area contributed by atoms with Crippen LogP contribution in [-0.2, 0) is 7.05 Å². The maximum atomic E-state index is 13.7. The first kappa shape index (κ1) is 12.1. The van der Waals surface area contributed by atoms with Crippen LogP contribution in [0.3, 0.4) is 0 Å². The molecule has 2 rings (SSSR count). The van der Waals surface area contributed by atoms with Crippen LogP contribution < -0.4 is 5.73 Å². The second-order valence-corrected chi connectivity index (χ2v) is 5.01. The van der Waals surface area contributed by atoms with E-state index in [0.29, 0.717) is 5.56 Å². The lowest BCUT2D eigenvalue weighted by Crippen LogP contribution is -2.08. The van der Waals surface area contributed by atoms with Gasteiger partial charge in [0, 0.05) is 29.7 Å². The van der Waals surface area contributed by atoms with Gasteiger partial charge < -0.3 is 5.73 Å². The number of aryl methyl sites for hydroxylation is 1. The first-order valence-electron chi connectivity index (χ1n) is 5.28. The minimum Gasteiger partial charge on any atom is -0.324 e. The van der Waals surface area contributed by atoms with Gasteiger partial charge in [0.2, 0.25) is 0 Å². The van der Waals surface area contributed by atoms with E-state index in [2.05, 4.69) is 5.10 Å². The minimum atomic E-state index is -0.324. The van der Waals surface area contributed by atoms with E-state index in [0.717, 1.165) is 9.79 Å². The Balaban J connectivity index is 2.35. The average molecular weight is 251 g/mol. The molecule has 1 atom stereocenters. The third-order valence-electron chi connectivity index (χ3n) is 2.38. The Morgan fingerprint density at radius 2 is 2.24 bits per heavy atom. The van der Waals surface area contributed by atoms with Crippen molar-refractivity contribution in [3.05, 3.63) is 42.0 Å². The molecule has 0 aliphatic carbocycles. The van der Waals surface area contributed by atoms with Crippen LogP contribution in [0.15, 0.2) is 40.4 Å². The van der Waals surface area contributed by atoms with E-state index in [1.165, 1.54) is 17.8 Å². The lowest BCUT2D eigenvalue weighted by Gasteiger charge is -2.12. The van der Waals surface area contributed by atoms with Crippen molar-refractivity contribution in [2.45, 2.75) is 22.8 Å². The lowest BCUT2D eigenvalue weighted by atomic mass is 10.1. The van der Waals surface area contributed by atoms with Crippen molar-refractivity contribution < 1.29 is 4.39 Å². The van der Waals surface area contributed by atoms with Gasteiger partial charge in [0.05, 0.1) is 11.1 Å². The van der Waals surface area contributed by atoms with Gasteiger partial charge in [-0.3, -0.25) is 4.68 Å². The molecule has 0 spiro atoms. The van der Waals surface area contributed by atoms with Crippen LogP contribution in [0, 0.1) is 5.82 Å². The molecule has 1 heterocycles. The van der Waals surface area contributed by atoms with Gasteiger partial charge in [-0.1, -0.05) is 17.8 Å². The van der Waals surface area contributed by atoms with E-state index >= 15 is 0 Å². The Morgan fingerprint density at radius 3 is 2.82 bits per heavy atom. The Hall–Kier alpha value is -1.33. The number of rotatable bonds is 3. The molecule has 0 amide bonds. The van der Waals surface area contributed by atoms with Crippen LogP contribution in [-0.4, -0.2) is 9.78 Å². The van der Waals surface area contributed by atoms with Crippen molar-refractivity contribution in [3.8, 4) is 0 Å². The fraction of sp³-hybridized carbons (Fsp3) is 0.250. The molecule has 2 N–H and O–H groups in total. The van der Waals surface area contributed by atoms with Crippen LogP contribution in [0.5, 0.6) is 0 Å². The highest BCUT2D eigenvalue weighted by molar-refractivity contribution is 7.99. The number of nitrogens with zero attached hydrogens (tertiary/aromatic N) is 2. The topological polar surface area (TPSA) is 43.8 Å². The minimum absolute atomic E-state index is 0.256. The predicted octanol–water partition coefficient (Wildman–Crippen LogP) is 2.73. The zero-order valence-corrected chi connectivity index (χ0v) is 10.5. The lowest BCUT2D eigenvalue weighted by molar-refractivity contribution is 0.585. The summed E-state index contributed by atoms with van der Waals surface area (Å²) in [6.45, 7) is 1.78. The van der Waals surface area contributed by atoms with E-state index < -0.39 is 0 Å². The van der Waals surface area contributed by atoms with Gasteiger partial charge in [-0.15, -0.1) is 0 Å². The van der Waals surface area contributed by atoms with Gasteiger partial charge in [-0.05, 0) is 19.1 Å². The Labute approximate surface area is 104 Å². The number of benzene rings is 1. The largest absolute Gasteiger partial charge is 0.324 e. The van der Waals surface area contributed by atoms with E-state index in [-0.39, 0.29) is 11.9 Å². The first-order chi connectivity index (χ1) is 8.08. The summed E-state index contributed by atoms with van der Waals surface area (Å²) in [5.41, 5.74) is 6.36. The maximum Gasteiger partial charge on any atom is 0.129 e. The summed E-state index contributed by atoms with van der Waals surface area (Å²) in [5.74, 6) is -0.256. The SMILES string of the molecule is C[C@H](N)c1c(F)cccc1Sc1cnn(C)c1. The molecule has 0 saturated carbocycles. The molecule has 0 unspecified atom stereocenters. The van der Waals surface area contributed by atoms with Crippen LogP contribution >= 0.6 is 11.8 Å². The number of halogens is 1. The normalized spacial score (nSPS) is 12.7. The van der Waals surface area contributed by atoms with Crippen molar-refractivity contribution in [3.63, 3.8) is 0 Å². The molecular weight excluding hydrogens is 237 g/mol. The smallest absolute Gasteiger partial charge is 0.129 e. The highest BCUT2D eigenvalue weighted by Gasteiger charge is 2.13. The Morgan fingerprint density at radius 1 is 1.47 bits per heavy atom. The van der Waals surface area contributed by atoms with Crippen molar-refractivity contribution in [2.75, 3.05) is 0 Å². The maximum absolute atomic E-state index is 13.7.